The lowest BCUT2D eigenvalue weighted by atomic mass is 9.84. The average Bonchev–Trinajstić information content (AvgIpc) is 2.55. The van der Waals surface area contributed by atoms with E-state index < -0.39 is 24.0 Å². The normalized spacial score (nSPS) is 17.7. The first-order valence-electron chi connectivity index (χ1n) is 7.45. The molecule has 0 saturated heterocycles. The van der Waals surface area contributed by atoms with E-state index in [2.05, 4.69) is 0 Å². The SMILES string of the molecule is N[C@H](C(=O)O)C1CCCCC1.N[C@H](C(=O)O)c1ccccc1. The molecule has 0 aliphatic heterocycles. The summed E-state index contributed by atoms with van der Waals surface area (Å²) in [5, 5.41) is 17.1. The summed E-state index contributed by atoms with van der Waals surface area (Å²) in [5.41, 5.74) is 11.5. The Kier molecular flexibility index (Phi) is 7.56. The van der Waals surface area contributed by atoms with Gasteiger partial charge in [-0.05, 0) is 24.3 Å². The lowest BCUT2D eigenvalue weighted by molar-refractivity contribution is -0.140. The van der Waals surface area contributed by atoms with Crippen LogP contribution in [0.25, 0.3) is 0 Å². The molecule has 6 nitrogen and oxygen atoms in total. The van der Waals surface area contributed by atoms with Gasteiger partial charge in [-0.3, -0.25) is 9.59 Å². The van der Waals surface area contributed by atoms with Crippen molar-refractivity contribution in [1.29, 1.82) is 0 Å². The molecule has 22 heavy (non-hydrogen) atoms. The number of nitrogens with two attached hydrogens (primary N) is 2. The Balaban J connectivity index is 0.000000220. The van der Waals surface area contributed by atoms with E-state index in [1.54, 1.807) is 24.3 Å². The van der Waals surface area contributed by atoms with Gasteiger partial charge < -0.3 is 21.7 Å². The van der Waals surface area contributed by atoms with Gasteiger partial charge in [0.25, 0.3) is 0 Å². The standard InChI is InChI=1S/C8H15NO2.C8H9NO2/c2*9-7(8(10)11)6-4-2-1-3-5-6/h6-7H,1-5,9H2,(H,10,11);1-5,7H,9H2,(H,10,11)/t2*7-/m00/s1. The summed E-state index contributed by atoms with van der Waals surface area (Å²) >= 11 is 0. The number of benzene rings is 1. The van der Waals surface area contributed by atoms with Crippen molar-refractivity contribution >= 4 is 11.9 Å². The first kappa shape index (κ1) is 18.1. The quantitative estimate of drug-likeness (QED) is 0.671. The molecule has 0 unspecified atom stereocenters. The Bertz CT molecular complexity index is 472. The third-order valence-electron chi connectivity index (χ3n) is 3.87. The summed E-state index contributed by atoms with van der Waals surface area (Å²) in [5.74, 6) is -1.63. The predicted molar refractivity (Wildman–Crippen MR) is 83.2 cm³/mol. The zero-order valence-corrected chi connectivity index (χ0v) is 12.5. The van der Waals surface area contributed by atoms with Crippen molar-refractivity contribution in [3.63, 3.8) is 0 Å². The van der Waals surface area contributed by atoms with E-state index >= 15 is 0 Å². The second-order valence-electron chi connectivity index (χ2n) is 5.49. The van der Waals surface area contributed by atoms with E-state index in [4.69, 9.17) is 21.7 Å². The third-order valence-corrected chi connectivity index (χ3v) is 3.87. The largest absolute Gasteiger partial charge is 0.480 e. The van der Waals surface area contributed by atoms with Crippen molar-refractivity contribution < 1.29 is 19.8 Å². The van der Waals surface area contributed by atoms with Crippen LogP contribution in [0.15, 0.2) is 30.3 Å². The Morgan fingerprint density at radius 3 is 1.95 bits per heavy atom. The maximum Gasteiger partial charge on any atom is 0.325 e. The van der Waals surface area contributed by atoms with Crippen LogP contribution >= 0.6 is 0 Å². The molecule has 0 aromatic heterocycles. The van der Waals surface area contributed by atoms with Crippen LogP contribution in [0.4, 0.5) is 0 Å². The van der Waals surface area contributed by atoms with Crippen LogP contribution in [0.3, 0.4) is 0 Å². The molecule has 0 spiro atoms. The lowest BCUT2D eigenvalue weighted by Crippen LogP contribution is -2.38. The maximum absolute atomic E-state index is 10.5. The molecular weight excluding hydrogens is 284 g/mol. The molecule has 122 valence electrons. The van der Waals surface area contributed by atoms with E-state index in [0.29, 0.717) is 5.56 Å². The van der Waals surface area contributed by atoms with Gasteiger partial charge in [0.2, 0.25) is 0 Å². The fraction of sp³-hybridized carbons (Fsp3) is 0.500. The van der Waals surface area contributed by atoms with E-state index in [9.17, 15) is 9.59 Å². The van der Waals surface area contributed by atoms with Crippen molar-refractivity contribution in [3.8, 4) is 0 Å². The second-order valence-corrected chi connectivity index (χ2v) is 5.49. The van der Waals surface area contributed by atoms with Gasteiger partial charge in [-0.25, -0.2) is 0 Å². The first-order valence-corrected chi connectivity index (χ1v) is 7.45. The van der Waals surface area contributed by atoms with Gasteiger partial charge in [0.1, 0.15) is 12.1 Å². The minimum atomic E-state index is -1.00. The molecule has 6 N–H and O–H groups in total. The minimum Gasteiger partial charge on any atom is -0.480 e. The van der Waals surface area contributed by atoms with Crippen molar-refractivity contribution in [2.75, 3.05) is 0 Å². The molecule has 1 aromatic carbocycles. The number of aliphatic carboxylic acids is 2. The molecule has 0 amide bonds. The number of carbonyl (C=O) groups is 2. The molecule has 1 aliphatic rings. The zero-order chi connectivity index (χ0) is 16.5. The van der Waals surface area contributed by atoms with E-state index in [1.165, 1.54) is 6.42 Å². The molecule has 0 bridgehead atoms. The van der Waals surface area contributed by atoms with E-state index in [0.717, 1.165) is 25.7 Å². The van der Waals surface area contributed by atoms with Crippen LogP contribution < -0.4 is 11.5 Å². The summed E-state index contributed by atoms with van der Waals surface area (Å²) < 4.78 is 0. The van der Waals surface area contributed by atoms with E-state index in [-0.39, 0.29) is 5.92 Å². The number of carboxylic acid groups (broad SMARTS) is 2. The molecule has 1 aromatic rings. The summed E-state index contributed by atoms with van der Waals surface area (Å²) in [4.78, 5) is 20.8. The highest BCUT2D eigenvalue weighted by Gasteiger charge is 2.25. The van der Waals surface area contributed by atoms with Gasteiger partial charge in [0.05, 0.1) is 0 Å². The molecule has 6 heteroatoms. The Morgan fingerprint density at radius 2 is 1.50 bits per heavy atom. The Hall–Kier alpha value is -1.92. The topological polar surface area (TPSA) is 127 Å². The van der Waals surface area contributed by atoms with Crippen LogP contribution in [0, 0.1) is 5.92 Å². The Morgan fingerprint density at radius 1 is 0.955 bits per heavy atom. The lowest BCUT2D eigenvalue weighted by Gasteiger charge is -2.24. The fourth-order valence-corrected chi connectivity index (χ4v) is 2.50. The second kappa shape index (κ2) is 9.17. The van der Waals surface area contributed by atoms with Crippen LogP contribution in [0.1, 0.15) is 43.7 Å². The van der Waals surface area contributed by atoms with Crippen molar-refractivity contribution in [2.45, 2.75) is 44.2 Å². The highest BCUT2D eigenvalue weighted by atomic mass is 16.4. The molecule has 2 atom stereocenters. The van der Waals surface area contributed by atoms with E-state index in [1.807, 2.05) is 6.07 Å². The number of hydrogen-bond donors (Lipinski definition) is 4. The Labute approximate surface area is 130 Å². The number of rotatable bonds is 4. The maximum atomic E-state index is 10.5. The van der Waals surface area contributed by atoms with Crippen molar-refractivity contribution in [3.05, 3.63) is 35.9 Å². The van der Waals surface area contributed by atoms with Gasteiger partial charge in [-0.2, -0.15) is 0 Å². The highest BCUT2D eigenvalue weighted by molar-refractivity contribution is 5.75. The van der Waals surface area contributed by atoms with Gasteiger partial charge in [0, 0.05) is 0 Å². The van der Waals surface area contributed by atoms with Gasteiger partial charge >= 0.3 is 11.9 Å². The molecular formula is C16H24N2O4. The smallest absolute Gasteiger partial charge is 0.325 e. The predicted octanol–water partition coefficient (Wildman–Crippen LogP) is 1.75. The summed E-state index contributed by atoms with van der Waals surface area (Å²) in [7, 11) is 0. The summed E-state index contributed by atoms with van der Waals surface area (Å²) in [6, 6.07) is 7.19. The van der Waals surface area contributed by atoms with Crippen molar-refractivity contribution in [2.24, 2.45) is 17.4 Å². The zero-order valence-electron chi connectivity index (χ0n) is 12.5. The molecule has 2 rings (SSSR count). The van der Waals surface area contributed by atoms with Crippen LogP contribution in [-0.4, -0.2) is 28.2 Å². The number of hydrogen-bond acceptors (Lipinski definition) is 4. The van der Waals surface area contributed by atoms with Crippen LogP contribution in [0.5, 0.6) is 0 Å². The van der Waals surface area contributed by atoms with Crippen molar-refractivity contribution in [1.82, 2.24) is 0 Å². The monoisotopic (exact) mass is 308 g/mol. The minimum absolute atomic E-state index is 0.223. The summed E-state index contributed by atoms with van der Waals surface area (Å²) in [6.45, 7) is 0. The van der Waals surface area contributed by atoms with Gasteiger partial charge in [-0.1, -0.05) is 49.6 Å². The first-order chi connectivity index (χ1) is 10.4. The van der Waals surface area contributed by atoms with Crippen LogP contribution in [-0.2, 0) is 9.59 Å². The van der Waals surface area contributed by atoms with Gasteiger partial charge in [-0.15, -0.1) is 0 Å². The molecule has 1 saturated carbocycles. The fourth-order valence-electron chi connectivity index (χ4n) is 2.50. The molecule has 1 fully saturated rings. The number of carboxylic acids is 2. The summed E-state index contributed by atoms with van der Waals surface area (Å²) in [6.07, 6.45) is 5.51. The van der Waals surface area contributed by atoms with Crippen LogP contribution in [0.2, 0.25) is 0 Å². The highest BCUT2D eigenvalue weighted by Crippen LogP contribution is 2.25. The molecule has 0 heterocycles. The average molecular weight is 308 g/mol. The van der Waals surface area contributed by atoms with Gasteiger partial charge in [0.15, 0.2) is 0 Å². The molecule has 0 radical (unpaired) electrons. The molecule has 1 aliphatic carbocycles. The third kappa shape index (κ3) is 5.83.